The number of esters is 2. The molecule has 0 bridgehead atoms. The van der Waals surface area contributed by atoms with Crippen LogP contribution < -0.4 is 5.73 Å². The van der Waals surface area contributed by atoms with Crippen LogP contribution in [0.3, 0.4) is 0 Å². The van der Waals surface area contributed by atoms with Crippen molar-refractivity contribution in [2.75, 3.05) is 26.4 Å². The molecule has 1 rings (SSSR count). The molecule has 1 aliphatic rings. The highest BCUT2D eigenvalue weighted by Crippen LogP contribution is 2.17. The van der Waals surface area contributed by atoms with Gasteiger partial charge in [0.1, 0.15) is 0 Å². The Morgan fingerprint density at radius 3 is 1.67 bits per heavy atom. The predicted molar refractivity (Wildman–Crippen MR) is 79.4 cm³/mol. The molecular formula is C13H27NO6Si. The van der Waals surface area contributed by atoms with E-state index in [1.54, 1.807) is 0 Å². The van der Waals surface area contributed by atoms with Crippen molar-refractivity contribution in [1.82, 2.24) is 0 Å². The lowest BCUT2D eigenvalue weighted by atomic mass is 10.4. The molecule has 1 saturated heterocycles. The van der Waals surface area contributed by atoms with Crippen molar-refractivity contribution in [2.45, 2.75) is 46.1 Å². The molecule has 8 heteroatoms. The fraction of sp³-hybridized carbons (Fsp3) is 0.846. The molecule has 0 aliphatic carbocycles. The maximum absolute atomic E-state index is 10.0. The van der Waals surface area contributed by atoms with Crippen LogP contribution in [-0.2, 0) is 27.6 Å². The molecule has 0 unspecified atom stereocenters. The summed E-state index contributed by atoms with van der Waals surface area (Å²) in [6, 6.07) is 0.818. The normalized spacial score (nSPS) is 14.7. The third kappa shape index (κ3) is 8.94. The van der Waals surface area contributed by atoms with Gasteiger partial charge in [-0.2, -0.15) is 0 Å². The summed E-state index contributed by atoms with van der Waals surface area (Å²) in [5.74, 6) is -0.796. The first-order valence-electron chi connectivity index (χ1n) is 7.39. The number of cyclic esters (lactones) is 2. The van der Waals surface area contributed by atoms with Crippen molar-refractivity contribution in [3.05, 3.63) is 0 Å². The van der Waals surface area contributed by atoms with Gasteiger partial charge in [-0.25, -0.2) is 0 Å². The highest BCUT2D eigenvalue weighted by molar-refractivity contribution is 6.60. The second-order valence-corrected chi connectivity index (χ2v) is 6.95. The lowest BCUT2D eigenvalue weighted by Gasteiger charge is -2.28. The van der Waals surface area contributed by atoms with Gasteiger partial charge in [0, 0.05) is 25.9 Å². The Morgan fingerprint density at radius 1 is 1.00 bits per heavy atom. The smallest absolute Gasteiger partial charge is 0.393 e. The SMILES string of the molecule is CCO[Si](CCCN)(OCC)OCC.O=C1CCC(=O)O1. The number of ether oxygens (including phenoxy) is 1. The van der Waals surface area contributed by atoms with E-state index in [0.29, 0.717) is 26.4 Å². The molecule has 0 saturated carbocycles. The summed E-state index contributed by atoms with van der Waals surface area (Å²) in [7, 11) is -2.40. The van der Waals surface area contributed by atoms with Gasteiger partial charge in [-0.3, -0.25) is 9.59 Å². The highest BCUT2D eigenvalue weighted by atomic mass is 28.4. The molecule has 0 radical (unpaired) electrons. The monoisotopic (exact) mass is 321 g/mol. The van der Waals surface area contributed by atoms with Crippen molar-refractivity contribution in [2.24, 2.45) is 5.73 Å². The van der Waals surface area contributed by atoms with E-state index in [2.05, 4.69) is 4.74 Å². The van der Waals surface area contributed by atoms with E-state index in [0.717, 1.165) is 12.5 Å². The summed E-state index contributed by atoms with van der Waals surface area (Å²) < 4.78 is 21.0. The Hall–Kier alpha value is -0.803. The van der Waals surface area contributed by atoms with Crippen molar-refractivity contribution in [3.8, 4) is 0 Å². The Labute approximate surface area is 127 Å². The highest BCUT2D eigenvalue weighted by Gasteiger charge is 2.39. The van der Waals surface area contributed by atoms with Gasteiger partial charge in [0.25, 0.3) is 0 Å². The fourth-order valence-electron chi connectivity index (χ4n) is 1.75. The topological polar surface area (TPSA) is 97.1 Å². The number of carbonyl (C=O) groups is 2. The van der Waals surface area contributed by atoms with Gasteiger partial charge < -0.3 is 23.7 Å². The summed E-state index contributed by atoms with van der Waals surface area (Å²) in [6.45, 7) is 8.44. The zero-order valence-electron chi connectivity index (χ0n) is 13.2. The van der Waals surface area contributed by atoms with Gasteiger partial charge in [-0.1, -0.05) is 0 Å². The number of hydrogen-bond acceptors (Lipinski definition) is 7. The Morgan fingerprint density at radius 2 is 1.43 bits per heavy atom. The van der Waals surface area contributed by atoms with E-state index in [9.17, 15) is 9.59 Å². The minimum absolute atomic E-state index is 0.263. The van der Waals surface area contributed by atoms with Crippen LogP contribution in [0.1, 0.15) is 40.0 Å². The Bertz CT molecular complexity index is 282. The van der Waals surface area contributed by atoms with E-state index in [1.165, 1.54) is 0 Å². The molecular weight excluding hydrogens is 294 g/mol. The summed E-state index contributed by atoms with van der Waals surface area (Å²) in [4.78, 5) is 20.0. The molecule has 0 spiro atoms. The van der Waals surface area contributed by atoms with Crippen molar-refractivity contribution in [1.29, 1.82) is 0 Å². The molecule has 0 aromatic rings. The van der Waals surface area contributed by atoms with E-state index in [-0.39, 0.29) is 12.8 Å². The van der Waals surface area contributed by atoms with Crippen LogP contribution in [0.5, 0.6) is 0 Å². The maximum atomic E-state index is 10.0. The second kappa shape index (κ2) is 11.8. The molecule has 1 aliphatic heterocycles. The third-order valence-electron chi connectivity index (χ3n) is 2.54. The molecule has 7 nitrogen and oxygen atoms in total. The summed E-state index contributed by atoms with van der Waals surface area (Å²) in [5.41, 5.74) is 5.48. The van der Waals surface area contributed by atoms with Gasteiger partial charge in [0.05, 0.1) is 12.8 Å². The quantitative estimate of drug-likeness (QED) is 0.387. The zero-order chi connectivity index (χ0) is 16.1. The van der Waals surface area contributed by atoms with Gasteiger partial charge in [-0.15, -0.1) is 0 Å². The Balaban J connectivity index is 0.000000471. The van der Waals surface area contributed by atoms with Crippen LogP contribution in [0, 0.1) is 0 Å². The average Bonchev–Trinajstić information content (AvgIpc) is 2.82. The van der Waals surface area contributed by atoms with E-state index in [1.807, 2.05) is 20.8 Å². The predicted octanol–water partition coefficient (Wildman–Crippen LogP) is 1.23. The Kier molecular flexibility index (Phi) is 11.4. The first-order valence-corrected chi connectivity index (χ1v) is 9.32. The molecule has 0 aromatic heterocycles. The molecule has 124 valence electrons. The molecule has 0 amide bonds. The van der Waals surface area contributed by atoms with Crippen molar-refractivity contribution < 1.29 is 27.6 Å². The molecule has 21 heavy (non-hydrogen) atoms. The largest absolute Gasteiger partial charge is 0.500 e. The van der Waals surface area contributed by atoms with Crippen LogP contribution in [-0.4, -0.2) is 47.1 Å². The fourth-order valence-corrected chi connectivity index (χ4v) is 4.39. The van der Waals surface area contributed by atoms with Gasteiger partial charge in [-0.05, 0) is 33.7 Å². The van der Waals surface area contributed by atoms with E-state index < -0.39 is 20.7 Å². The lowest BCUT2D eigenvalue weighted by Crippen LogP contribution is -2.46. The summed E-state index contributed by atoms with van der Waals surface area (Å²) in [5, 5.41) is 0. The van der Waals surface area contributed by atoms with Gasteiger partial charge in [0.15, 0.2) is 0 Å². The van der Waals surface area contributed by atoms with Crippen LogP contribution in [0.4, 0.5) is 0 Å². The molecule has 0 aromatic carbocycles. The molecule has 1 heterocycles. The number of hydrogen-bond donors (Lipinski definition) is 1. The van der Waals surface area contributed by atoms with E-state index in [4.69, 9.17) is 19.0 Å². The minimum Gasteiger partial charge on any atom is -0.393 e. The maximum Gasteiger partial charge on any atom is 0.500 e. The lowest BCUT2D eigenvalue weighted by molar-refractivity contribution is -0.151. The van der Waals surface area contributed by atoms with Crippen molar-refractivity contribution in [3.63, 3.8) is 0 Å². The number of rotatable bonds is 9. The number of nitrogens with two attached hydrogens (primary N) is 1. The molecule has 2 N–H and O–H groups in total. The first kappa shape index (κ1) is 20.2. The average molecular weight is 321 g/mol. The van der Waals surface area contributed by atoms with Gasteiger partial charge in [0.2, 0.25) is 0 Å². The van der Waals surface area contributed by atoms with Gasteiger partial charge >= 0.3 is 20.7 Å². The van der Waals surface area contributed by atoms with Crippen LogP contribution in [0.15, 0.2) is 0 Å². The minimum atomic E-state index is -2.40. The molecule has 1 fully saturated rings. The van der Waals surface area contributed by atoms with Crippen molar-refractivity contribution >= 4 is 20.7 Å². The first-order chi connectivity index (χ1) is 10.0. The third-order valence-corrected chi connectivity index (χ3v) is 5.69. The molecule has 0 atom stereocenters. The van der Waals surface area contributed by atoms with Crippen LogP contribution in [0.25, 0.3) is 0 Å². The summed E-state index contributed by atoms with van der Waals surface area (Å²) in [6.07, 6.45) is 1.42. The van der Waals surface area contributed by atoms with Crippen LogP contribution in [0.2, 0.25) is 6.04 Å². The van der Waals surface area contributed by atoms with E-state index >= 15 is 0 Å². The van der Waals surface area contributed by atoms with Crippen LogP contribution >= 0.6 is 0 Å². The number of carbonyl (C=O) groups excluding carboxylic acids is 2. The zero-order valence-corrected chi connectivity index (χ0v) is 14.2. The second-order valence-electron chi connectivity index (χ2n) is 4.22. The standard InChI is InChI=1S/C9H23NO3Si.C4H4O3/c1-4-11-14(12-5-2,13-6-3)9-7-8-10;5-3-1-2-4(6)7-3/h4-10H2,1-3H3;1-2H2. The summed E-state index contributed by atoms with van der Waals surface area (Å²) >= 11 is 0.